The first kappa shape index (κ1) is 24.5. The lowest BCUT2D eigenvalue weighted by atomic mass is 9.57. The van der Waals surface area contributed by atoms with E-state index < -0.39 is 0 Å². The summed E-state index contributed by atoms with van der Waals surface area (Å²) in [4.78, 5) is 29.2. The van der Waals surface area contributed by atoms with Crippen LogP contribution in [0.4, 0.5) is 9.18 Å². The summed E-state index contributed by atoms with van der Waals surface area (Å²) in [5, 5.41) is 3.00. The molecule has 7 heteroatoms. The zero-order chi connectivity index (χ0) is 25.2. The minimum Gasteiger partial charge on any atom is -0.462 e. The number of halogens is 1. The summed E-state index contributed by atoms with van der Waals surface area (Å²) < 4.78 is 24.3. The molecule has 7 atom stereocenters. The fourth-order valence-corrected chi connectivity index (χ4v) is 6.64. The van der Waals surface area contributed by atoms with Crippen LogP contribution in [0.1, 0.15) is 45.2 Å². The summed E-state index contributed by atoms with van der Waals surface area (Å²) in [7, 11) is 0. The van der Waals surface area contributed by atoms with Gasteiger partial charge in [0.1, 0.15) is 11.9 Å². The van der Waals surface area contributed by atoms with Gasteiger partial charge in [0.15, 0.2) is 0 Å². The van der Waals surface area contributed by atoms with Crippen molar-refractivity contribution < 1.29 is 23.5 Å². The van der Waals surface area contributed by atoms with E-state index in [4.69, 9.17) is 9.47 Å². The third-order valence-electron chi connectivity index (χ3n) is 8.18. The van der Waals surface area contributed by atoms with Gasteiger partial charge in [-0.05, 0) is 87.1 Å². The highest BCUT2D eigenvalue weighted by molar-refractivity contribution is 5.75. The number of benzene rings is 1. The Balaban J connectivity index is 1.34. The molecule has 2 aliphatic carbocycles. The first-order chi connectivity index (χ1) is 17.4. The lowest BCUT2D eigenvalue weighted by Crippen LogP contribution is -2.48. The van der Waals surface area contributed by atoms with Crippen molar-refractivity contribution in [3.05, 3.63) is 60.2 Å². The summed E-state index contributed by atoms with van der Waals surface area (Å²) in [6.07, 6.45) is 9.07. The molecule has 2 saturated carbocycles. The fraction of sp³-hybridized carbons (Fsp3) is 0.483. The fourth-order valence-electron chi connectivity index (χ4n) is 6.64. The van der Waals surface area contributed by atoms with Crippen LogP contribution in [0.15, 0.2) is 48.7 Å². The summed E-state index contributed by atoms with van der Waals surface area (Å²) in [5.41, 5.74) is 2.48. The molecule has 1 N–H and O–H groups in total. The Morgan fingerprint density at radius 3 is 2.83 bits per heavy atom. The van der Waals surface area contributed by atoms with E-state index in [0.29, 0.717) is 18.4 Å². The van der Waals surface area contributed by atoms with Crippen molar-refractivity contribution in [2.75, 3.05) is 6.61 Å². The molecule has 1 aliphatic heterocycles. The highest BCUT2D eigenvalue weighted by Gasteiger charge is 2.54. The third-order valence-corrected chi connectivity index (χ3v) is 8.18. The van der Waals surface area contributed by atoms with Gasteiger partial charge in [-0.1, -0.05) is 24.3 Å². The zero-order valence-corrected chi connectivity index (χ0v) is 20.7. The molecule has 190 valence electrons. The number of cyclic esters (lactones) is 1. The maximum absolute atomic E-state index is 13.6. The topological polar surface area (TPSA) is 77.5 Å². The molecule has 0 bridgehead atoms. The second-order valence-electron chi connectivity index (χ2n) is 10.3. The van der Waals surface area contributed by atoms with Crippen LogP contribution in [0.3, 0.4) is 0 Å². The Kier molecular flexibility index (Phi) is 7.08. The second kappa shape index (κ2) is 10.4. The number of rotatable bonds is 5. The van der Waals surface area contributed by atoms with Crippen LogP contribution >= 0.6 is 0 Å². The molecule has 1 aromatic carbocycles. The lowest BCUT2D eigenvalue weighted by molar-refractivity contribution is -0.144. The SMILES string of the molecule is CCOC(=O)NC1CCC2C(/C=C/c3ccc(-c4cccc(F)c4)cn3)[C@H]3C(C[C@@H]2C1)C(=O)O[C@@H]3C. The number of alkyl carbamates (subject to hydrolysis) is 1. The van der Waals surface area contributed by atoms with E-state index in [9.17, 15) is 14.0 Å². The Morgan fingerprint density at radius 2 is 2.08 bits per heavy atom. The van der Waals surface area contributed by atoms with E-state index in [1.807, 2.05) is 31.2 Å². The number of fused-ring (bicyclic) bond motifs is 2. The van der Waals surface area contributed by atoms with Crippen LogP contribution < -0.4 is 5.32 Å². The second-order valence-corrected chi connectivity index (χ2v) is 10.3. The molecular weight excluding hydrogens is 459 g/mol. The normalized spacial score (nSPS) is 31.4. The highest BCUT2D eigenvalue weighted by atomic mass is 19.1. The molecule has 0 spiro atoms. The number of hydrogen-bond donors (Lipinski definition) is 1. The van der Waals surface area contributed by atoms with Crippen LogP contribution in [0.25, 0.3) is 17.2 Å². The van der Waals surface area contributed by atoms with Gasteiger partial charge in [-0.25, -0.2) is 9.18 Å². The first-order valence-electron chi connectivity index (χ1n) is 13.0. The molecule has 1 amide bonds. The first-order valence-corrected chi connectivity index (χ1v) is 13.0. The van der Waals surface area contributed by atoms with Crippen LogP contribution in [0.2, 0.25) is 0 Å². The molecule has 2 heterocycles. The van der Waals surface area contributed by atoms with Gasteiger partial charge in [0, 0.05) is 23.7 Å². The Bertz CT molecular complexity index is 1130. The molecule has 3 aliphatic rings. The lowest BCUT2D eigenvalue weighted by Gasteiger charge is -2.47. The molecule has 5 rings (SSSR count). The van der Waals surface area contributed by atoms with Gasteiger partial charge in [-0.2, -0.15) is 0 Å². The maximum atomic E-state index is 13.6. The number of ether oxygens (including phenoxy) is 2. The molecular formula is C29H33FN2O4. The molecule has 1 saturated heterocycles. The largest absolute Gasteiger partial charge is 0.462 e. The van der Waals surface area contributed by atoms with Crippen molar-refractivity contribution in [3.8, 4) is 11.1 Å². The number of hydrogen-bond acceptors (Lipinski definition) is 5. The summed E-state index contributed by atoms with van der Waals surface area (Å²) >= 11 is 0. The number of carbonyl (C=O) groups excluding carboxylic acids is 2. The summed E-state index contributed by atoms with van der Waals surface area (Å²) in [6.45, 7) is 4.15. The highest BCUT2D eigenvalue weighted by Crippen LogP contribution is 2.53. The van der Waals surface area contributed by atoms with E-state index in [1.165, 1.54) is 12.1 Å². The third kappa shape index (κ3) is 5.01. The minimum atomic E-state index is -0.368. The maximum Gasteiger partial charge on any atom is 0.407 e. The van der Waals surface area contributed by atoms with Crippen molar-refractivity contribution in [2.45, 2.75) is 51.7 Å². The van der Waals surface area contributed by atoms with E-state index in [1.54, 1.807) is 19.2 Å². The minimum absolute atomic E-state index is 0.0679. The van der Waals surface area contributed by atoms with E-state index in [-0.39, 0.29) is 47.8 Å². The number of nitrogens with one attached hydrogen (secondary N) is 1. The van der Waals surface area contributed by atoms with E-state index >= 15 is 0 Å². The molecule has 2 aromatic rings. The zero-order valence-electron chi connectivity index (χ0n) is 20.7. The van der Waals surface area contributed by atoms with E-state index in [2.05, 4.69) is 16.4 Å². The molecule has 6 nitrogen and oxygen atoms in total. The number of aromatic nitrogens is 1. The molecule has 3 fully saturated rings. The predicted octanol–water partition coefficient (Wildman–Crippen LogP) is 5.63. The van der Waals surface area contributed by atoms with Gasteiger partial charge >= 0.3 is 12.1 Å². The quantitative estimate of drug-likeness (QED) is 0.548. The summed E-state index contributed by atoms with van der Waals surface area (Å²) in [5.74, 6) is 0.629. The number of esters is 1. The molecule has 0 radical (unpaired) electrons. The van der Waals surface area contributed by atoms with Gasteiger partial charge < -0.3 is 14.8 Å². The van der Waals surface area contributed by atoms with Crippen molar-refractivity contribution in [1.29, 1.82) is 0 Å². The van der Waals surface area contributed by atoms with Crippen LogP contribution in [-0.4, -0.2) is 35.8 Å². The number of pyridine rings is 1. The van der Waals surface area contributed by atoms with Crippen molar-refractivity contribution in [3.63, 3.8) is 0 Å². The average molecular weight is 493 g/mol. The van der Waals surface area contributed by atoms with Crippen LogP contribution in [-0.2, 0) is 14.3 Å². The molecule has 1 aromatic heterocycles. The van der Waals surface area contributed by atoms with Crippen LogP contribution in [0.5, 0.6) is 0 Å². The number of nitrogens with zero attached hydrogens (tertiary/aromatic N) is 1. The number of amides is 1. The number of carbonyl (C=O) groups is 2. The molecule has 4 unspecified atom stereocenters. The standard InChI is InChI=1S/C29H33FN2O4/c1-3-35-29(34)32-23-10-11-24-20(14-23)15-26-27(17(2)36-28(26)33)25(24)12-9-22-8-7-19(16-31-22)18-5-4-6-21(30)13-18/h4-9,12-13,16-17,20,23-27H,3,10-11,14-15H2,1-2H3,(H,32,34)/b12-9+/t17-,20+,23?,24?,25?,26?,27+/m1/s1. The van der Waals surface area contributed by atoms with Crippen molar-refractivity contribution in [2.24, 2.45) is 29.6 Å². The Morgan fingerprint density at radius 1 is 1.22 bits per heavy atom. The Labute approximate surface area is 211 Å². The summed E-state index contributed by atoms with van der Waals surface area (Å²) in [6, 6.07) is 10.4. The molecule has 36 heavy (non-hydrogen) atoms. The van der Waals surface area contributed by atoms with Gasteiger partial charge in [0.25, 0.3) is 0 Å². The van der Waals surface area contributed by atoms with Gasteiger partial charge in [-0.3, -0.25) is 9.78 Å². The van der Waals surface area contributed by atoms with Gasteiger partial charge in [0.05, 0.1) is 18.2 Å². The monoisotopic (exact) mass is 492 g/mol. The number of allylic oxidation sites excluding steroid dienone is 1. The van der Waals surface area contributed by atoms with Crippen molar-refractivity contribution in [1.82, 2.24) is 10.3 Å². The van der Waals surface area contributed by atoms with Crippen molar-refractivity contribution >= 4 is 18.1 Å². The van der Waals surface area contributed by atoms with Crippen LogP contribution in [0, 0.1) is 35.4 Å². The average Bonchev–Trinajstić information content (AvgIpc) is 3.15. The van der Waals surface area contributed by atoms with E-state index in [0.717, 1.165) is 42.5 Å². The predicted molar refractivity (Wildman–Crippen MR) is 134 cm³/mol. The van der Waals surface area contributed by atoms with Gasteiger partial charge in [0.2, 0.25) is 0 Å². The Hall–Kier alpha value is -3.22. The van der Waals surface area contributed by atoms with Gasteiger partial charge in [-0.15, -0.1) is 0 Å². The smallest absolute Gasteiger partial charge is 0.407 e.